The van der Waals surface area contributed by atoms with E-state index in [0.29, 0.717) is 33.3 Å². The number of hydrogen-bond acceptors (Lipinski definition) is 5. The molecule has 0 bridgehead atoms. The van der Waals surface area contributed by atoms with Crippen molar-refractivity contribution in [3.05, 3.63) is 88.9 Å². The maximum absolute atomic E-state index is 12.8. The van der Waals surface area contributed by atoms with Gasteiger partial charge in [-0.2, -0.15) is 0 Å². The molecule has 0 aliphatic carbocycles. The summed E-state index contributed by atoms with van der Waals surface area (Å²) >= 11 is 6.38. The second kappa shape index (κ2) is 9.13. The Morgan fingerprint density at radius 3 is 2.52 bits per heavy atom. The fourth-order valence-electron chi connectivity index (χ4n) is 4.16. The van der Waals surface area contributed by atoms with Gasteiger partial charge in [-0.05, 0) is 35.9 Å². The molecule has 3 aromatic rings. The molecule has 3 aromatic carbocycles. The second-order valence-electron chi connectivity index (χ2n) is 7.66. The lowest BCUT2D eigenvalue weighted by Gasteiger charge is -2.40. The zero-order chi connectivity index (χ0) is 23.6. The number of carboxylic acids is 1. The number of anilines is 1. The number of nitrogens with one attached hydrogen (secondary N) is 1. The highest BCUT2D eigenvalue weighted by Crippen LogP contribution is 2.43. The van der Waals surface area contributed by atoms with Crippen molar-refractivity contribution >= 4 is 29.2 Å². The van der Waals surface area contributed by atoms with Crippen LogP contribution in [0.4, 0.5) is 5.69 Å². The van der Waals surface area contributed by atoms with Gasteiger partial charge in [-0.15, -0.1) is 0 Å². The molecule has 1 aliphatic heterocycles. The van der Waals surface area contributed by atoms with Gasteiger partial charge in [0.15, 0.2) is 0 Å². The number of carboxylic acid groups (broad SMARTS) is 1. The van der Waals surface area contributed by atoms with Gasteiger partial charge in [0.05, 0.1) is 13.7 Å². The molecule has 33 heavy (non-hydrogen) atoms. The predicted octanol–water partition coefficient (Wildman–Crippen LogP) is 3.69. The Bertz CT molecular complexity index is 1190. The number of amides is 1. The molecule has 0 radical (unpaired) electrons. The third-order valence-corrected chi connectivity index (χ3v) is 6.01. The number of fused-ring (bicyclic) bond motifs is 1. The number of methoxy groups -OCH3 is 1. The van der Waals surface area contributed by atoms with Crippen LogP contribution in [0.2, 0.25) is 5.02 Å². The fraction of sp³-hybridized carbons (Fsp3) is 0.200. The first-order chi connectivity index (χ1) is 15.9. The molecule has 0 unspecified atom stereocenters. The molecular formula is C25H23ClN2O5. The van der Waals surface area contributed by atoms with Gasteiger partial charge in [-0.3, -0.25) is 10.1 Å². The number of nitrogens with zero attached hydrogens (tertiary/aromatic N) is 1. The van der Waals surface area contributed by atoms with Crippen molar-refractivity contribution in [1.82, 2.24) is 5.32 Å². The highest BCUT2D eigenvalue weighted by Gasteiger charge is 2.51. The van der Waals surface area contributed by atoms with E-state index in [9.17, 15) is 14.7 Å². The van der Waals surface area contributed by atoms with E-state index in [1.54, 1.807) is 61.6 Å². The molecule has 0 saturated heterocycles. The Labute approximate surface area is 196 Å². The average Bonchev–Trinajstić information content (AvgIpc) is 2.93. The normalized spacial score (nSPS) is 18.8. The molecule has 0 saturated carbocycles. The largest absolute Gasteiger partial charge is 0.497 e. The minimum atomic E-state index is -1.46. The van der Waals surface area contributed by atoms with Crippen LogP contribution in [-0.2, 0) is 15.1 Å². The number of benzene rings is 3. The standard InChI is InChI=1S/C25H23ClN2O5/c1-28-21-12-11-17(26)13-20(21)25(27-15-22(28)29,16-7-4-3-5-8-16)23(24(30)31)33-19-10-6-9-18(14-19)32-2/h3-14,23,27H,15H2,1-2H3,(H,30,31)/t23-,25+/m1/s1. The van der Waals surface area contributed by atoms with Gasteiger partial charge in [-0.1, -0.05) is 48.0 Å². The van der Waals surface area contributed by atoms with E-state index in [0.717, 1.165) is 0 Å². The van der Waals surface area contributed by atoms with E-state index in [1.165, 1.54) is 12.0 Å². The zero-order valence-corrected chi connectivity index (χ0v) is 18.9. The van der Waals surface area contributed by atoms with Crippen LogP contribution in [0.3, 0.4) is 0 Å². The van der Waals surface area contributed by atoms with Gasteiger partial charge >= 0.3 is 5.97 Å². The summed E-state index contributed by atoms with van der Waals surface area (Å²) in [6.07, 6.45) is -1.46. The van der Waals surface area contributed by atoms with Gasteiger partial charge in [-0.25, -0.2) is 4.79 Å². The number of rotatable bonds is 6. The van der Waals surface area contributed by atoms with Crippen LogP contribution < -0.4 is 19.7 Å². The Morgan fingerprint density at radius 2 is 1.82 bits per heavy atom. The van der Waals surface area contributed by atoms with Gasteiger partial charge in [0.1, 0.15) is 17.0 Å². The lowest BCUT2D eigenvalue weighted by Crippen LogP contribution is -2.58. The van der Waals surface area contributed by atoms with Crippen molar-refractivity contribution in [1.29, 1.82) is 0 Å². The zero-order valence-electron chi connectivity index (χ0n) is 18.1. The van der Waals surface area contributed by atoms with Crippen LogP contribution in [0, 0.1) is 0 Å². The van der Waals surface area contributed by atoms with Crippen molar-refractivity contribution in [3.8, 4) is 11.5 Å². The van der Waals surface area contributed by atoms with Crippen LogP contribution in [0.5, 0.6) is 11.5 Å². The van der Waals surface area contributed by atoms with Gasteiger partial charge in [0.25, 0.3) is 0 Å². The Hall–Kier alpha value is -3.55. The van der Waals surface area contributed by atoms with Crippen molar-refractivity contribution in [3.63, 3.8) is 0 Å². The third kappa shape index (κ3) is 4.13. The number of carbonyl (C=O) groups excluding carboxylic acids is 1. The van der Waals surface area contributed by atoms with E-state index >= 15 is 0 Å². The SMILES string of the molecule is COc1cccc(O[C@H](C(=O)O)[C@@]2(c3ccccc3)NCC(=O)N(C)c3ccc(Cl)cc32)c1. The lowest BCUT2D eigenvalue weighted by molar-refractivity contribution is -0.149. The first-order valence-corrected chi connectivity index (χ1v) is 10.6. The molecule has 4 rings (SSSR count). The quantitative estimate of drug-likeness (QED) is 0.576. The average molecular weight is 467 g/mol. The molecule has 0 aromatic heterocycles. The number of carbonyl (C=O) groups is 2. The third-order valence-electron chi connectivity index (χ3n) is 5.78. The molecule has 0 fully saturated rings. The summed E-state index contributed by atoms with van der Waals surface area (Å²) in [5.74, 6) is -0.594. The first-order valence-electron chi connectivity index (χ1n) is 10.3. The van der Waals surface area contributed by atoms with Crippen LogP contribution in [0.15, 0.2) is 72.8 Å². The topological polar surface area (TPSA) is 88.1 Å². The number of likely N-dealkylation sites (N-methyl/N-ethyl adjacent to an activating group) is 1. The van der Waals surface area contributed by atoms with E-state index in [1.807, 2.05) is 18.2 Å². The van der Waals surface area contributed by atoms with E-state index in [4.69, 9.17) is 21.1 Å². The van der Waals surface area contributed by atoms with E-state index < -0.39 is 17.6 Å². The number of halogens is 1. The lowest BCUT2D eigenvalue weighted by atomic mass is 9.77. The number of ether oxygens (including phenoxy) is 2. The molecule has 1 heterocycles. The van der Waals surface area contributed by atoms with Crippen molar-refractivity contribution < 1.29 is 24.2 Å². The maximum atomic E-state index is 12.8. The number of aliphatic carboxylic acids is 1. The molecule has 2 atom stereocenters. The van der Waals surface area contributed by atoms with E-state index in [-0.39, 0.29) is 12.5 Å². The van der Waals surface area contributed by atoms with Crippen molar-refractivity contribution in [2.75, 3.05) is 25.6 Å². The van der Waals surface area contributed by atoms with Gasteiger partial charge in [0.2, 0.25) is 12.0 Å². The van der Waals surface area contributed by atoms with E-state index in [2.05, 4.69) is 5.32 Å². The van der Waals surface area contributed by atoms with Crippen molar-refractivity contribution in [2.24, 2.45) is 0 Å². The molecular weight excluding hydrogens is 444 g/mol. The fourth-order valence-corrected chi connectivity index (χ4v) is 4.33. The highest BCUT2D eigenvalue weighted by atomic mass is 35.5. The maximum Gasteiger partial charge on any atom is 0.347 e. The minimum Gasteiger partial charge on any atom is -0.497 e. The number of hydrogen-bond donors (Lipinski definition) is 2. The molecule has 170 valence electrons. The summed E-state index contributed by atoms with van der Waals surface area (Å²) in [5, 5.41) is 14.1. The summed E-state index contributed by atoms with van der Waals surface area (Å²) in [7, 11) is 3.17. The molecule has 2 N–H and O–H groups in total. The molecule has 1 amide bonds. The van der Waals surface area contributed by atoms with Crippen molar-refractivity contribution in [2.45, 2.75) is 11.6 Å². The summed E-state index contributed by atoms with van der Waals surface area (Å²) in [5.41, 5.74) is 0.243. The summed E-state index contributed by atoms with van der Waals surface area (Å²) in [6, 6.07) is 20.8. The Morgan fingerprint density at radius 1 is 1.09 bits per heavy atom. The summed E-state index contributed by atoms with van der Waals surface area (Å²) in [6.45, 7) is -0.108. The highest BCUT2D eigenvalue weighted by molar-refractivity contribution is 6.30. The summed E-state index contributed by atoms with van der Waals surface area (Å²) in [4.78, 5) is 27.1. The monoisotopic (exact) mass is 466 g/mol. The minimum absolute atomic E-state index is 0.108. The smallest absolute Gasteiger partial charge is 0.347 e. The van der Waals surface area contributed by atoms with Crippen LogP contribution in [0.25, 0.3) is 0 Å². The van der Waals surface area contributed by atoms with Crippen LogP contribution >= 0.6 is 11.6 Å². The second-order valence-corrected chi connectivity index (χ2v) is 8.09. The molecule has 1 aliphatic rings. The Kier molecular flexibility index (Phi) is 6.26. The molecule has 0 spiro atoms. The first kappa shape index (κ1) is 22.6. The van der Waals surface area contributed by atoms with Crippen LogP contribution in [-0.4, -0.2) is 43.8 Å². The molecule has 8 heteroatoms. The van der Waals surface area contributed by atoms with Gasteiger partial charge < -0.3 is 19.5 Å². The molecule has 7 nitrogen and oxygen atoms in total. The van der Waals surface area contributed by atoms with Crippen LogP contribution in [0.1, 0.15) is 11.1 Å². The van der Waals surface area contributed by atoms with Gasteiger partial charge in [0, 0.05) is 29.4 Å². The Balaban J connectivity index is 1.99. The predicted molar refractivity (Wildman–Crippen MR) is 125 cm³/mol. The summed E-state index contributed by atoms with van der Waals surface area (Å²) < 4.78 is 11.4.